The van der Waals surface area contributed by atoms with E-state index in [1.807, 2.05) is 13.8 Å². The zero-order chi connectivity index (χ0) is 31.5. The Bertz CT molecular complexity index is 1700. The molecule has 0 unspecified atom stereocenters. The topological polar surface area (TPSA) is 158 Å². The van der Waals surface area contributed by atoms with Crippen molar-refractivity contribution in [3.8, 4) is 17.2 Å². The molecule has 0 radical (unpaired) electrons. The fourth-order valence-corrected chi connectivity index (χ4v) is 3.92. The number of nitrogens with one attached hydrogen (secondary N) is 2. The number of esters is 1. The zero-order valence-corrected chi connectivity index (χ0v) is 23.8. The van der Waals surface area contributed by atoms with Crippen molar-refractivity contribution < 1.29 is 33.5 Å². The van der Waals surface area contributed by atoms with Crippen LogP contribution in [-0.2, 0) is 0 Å². The van der Waals surface area contributed by atoms with E-state index in [2.05, 4.69) is 15.8 Å². The van der Waals surface area contributed by atoms with E-state index in [4.69, 9.17) is 14.2 Å². The highest BCUT2D eigenvalue weighted by Crippen LogP contribution is 2.29. The van der Waals surface area contributed by atoms with E-state index in [1.54, 1.807) is 60.7 Å². The van der Waals surface area contributed by atoms with Crippen molar-refractivity contribution in [2.45, 2.75) is 13.8 Å². The second kappa shape index (κ2) is 14.7. The van der Waals surface area contributed by atoms with E-state index in [0.717, 1.165) is 0 Å². The fraction of sp³-hybridized carbons (Fsp3) is 0.125. The van der Waals surface area contributed by atoms with E-state index in [9.17, 15) is 24.5 Å². The summed E-state index contributed by atoms with van der Waals surface area (Å²) in [6.07, 6.45) is 1.31. The minimum Gasteiger partial charge on any atom is -0.490 e. The molecule has 0 spiro atoms. The van der Waals surface area contributed by atoms with Crippen molar-refractivity contribution in [2.75, 3.05) is 18.5 Å². The molecule has 4 aromatic rings. The summed E-state index contributed by atoms with van der Waals surface area (Å²) < 4.78 is 16.6. The van der Waals surface area contributed by atoms with Gasteiger partial charge in [-0.3, -0.25) is 19.7 Å². The summed E-state index contributed by atoms with van der Waals surface area (Å²) in [6.45, 7) is 4.55. The third-order valence-corrected chi connectivity index (χ3v) is 5.99. The van der Waals surface area contributed by atoms with Gasteiger partial charge in [0.2, 0.25) is 0 Å². The van der Waals surface area contributed by atoms with E-state index < -0.39 is 22.7 Å². The molecule has 0 aliphatic carbocycles. The summed E-state index contributed by atoms with van der Waals surface area (Å²) in [7, 11) is 0. The van der Waals surface area contributed by atoms with E-state index in [-0.39, 0.29) is 22.6 Å². The molecule has 4 rings (SSSR count). The van der Waals surface area contributed by atoms with E-state index >= 15 is 0 Å². The van der Waals surface area contributed by atoms with Crippen LogP contribution in [0.2, 0.25) is 0 Å². The SMILES string of the molecule is CCOc1ccc(C(=O)Nc2cccc(C(=O)NN=Cc3ccccc3OC(=O)c3ccc([N+](=O)[O-])cc3)c2)cc1OCC. The Balaban J connectivity index is 1.39. The molecule has 12 heteroatoms. The van der Waals surface area contributed by atoms with E-state index in [0.29, 0.717) is 41.5 Å². The molecule has 0 heterocycles. The summed E-state index contributed by atoms with van der Waals surface area (Å²) in [5, 5.41) is 17.6. The van der Waals surface area contributed by atoms with Crippen molar-refractivity contribution in [1.82, 2.24) is 5.43 Å². The molecule has 4 aromatic carbocycles. The number of ether oxygens (including phenoxy) is 3. The quantitative estimate of drug-likeness (QED) is 0.0700. The summed E-state index contributed by atoms with van der Waals surface area (Å²) >= 11 is 0. The van der Waals surface area contributed by atoms with Gasteiger partial charge in [0.1, 0.15) is 5.75 Å². The second-order valence-electron chi connectivity index (χ2n) is 8.99. The molecule has 0 saturated heterocycles. The van der Waals surface area contributed by atoms with Crippen LogP contribution in [0.15, 0.2) is 96.1 Å². The average Bonchev–Trinajstić information content (AvgIpc) is 3.03. The minimum absolute atomic E-state index is 0.125. The summed E-state index contributed by atoms with van der Waals surface area (Å²) in [4.78, 5) is 48.5. The van der Waals surface area contributed by atoms with Crippen molar-refractivity contribution in [2.24, 2.45) is 5.10 Å². The standard InChI is InChI=1S/C32H28N4O8/c1-3-42-28-17-14-23(19-29(28)43-4-2)30(37)34-25-10-7-9-22(18-25)31(38)35-33-20-24-8-5-6-11-27(24)44-32(39)21-12-15-26(16-13-21)36(40)41/h5-20H,3-4H2,1-2H3,(H,34,37)(H,35,38). The molecule has 0 saturated carbocycles. The molecule has 0 atom stereocenters. The number of nitro benzene ring substituents is 1. The first-order valence-corrected chi connectivity index (χ1v) is 13.5. The van der Waals surface area contributed by atoms with Gasteiger partial charge >= 0.3 is 5.97 Å². The summed E-state index contributed by atoms with van der Waals surface area (Å²) in [5.74, 6) is -0.503. The molecule has 224 valence electrons. The fourth-order valence-electron chi connectivity index (χ4n) is 3.92. The van der Waals surface area contributed by atoms with Crippen molar-refractivity contribution in [3.05, 3.63) is 123 Å². The molecule has 0 aliphatic rings. The van der Waals surface area contributed by atoms with Gasteiger partial charge in [-0.05, 0) is 74.5 Å². The smallest absolute Gasteiger partial charge is 0.343 e. The van der Waals surface area contributed by atoms with Gasteiger partial charge in [0, 0.05) is 34.5 Å². The average molecular weight is 597 g/mol. The maximum atomic E-state index is 12.9. The van der Waals surface area contributed by atoms with Crippen molar-refractivity contribution in [1.29, 1.82) is 0 Å². The van der Waals surface area contributed by atoms with Crippen LogP contribution in [0.3, 0.4) is 0 Å². The first-order chi connectivity index (χ1) is 21.3. The number of amides is 2. The first kappa shape index (κ1) is 30.9. The molecule has 0 aliphatic heterocycles. The van der Waals surface area contributed by atoms with Crippen molar-refractivity contribution in [3.63, 3.8) is 0 Å². The lowest BCUT2D eigenvalue weighted by molar-refractivity contribution is -0.384. The van der Waals surface area contributed by atoms with Gasteiger partial charge in [0.15, 0.2) is 11.5 Å². The van der Waals surface area contributed by atoms with Gasteiger partial charge < -0.3 is 19.5 Å². The number of hydrogen-bond acceptors (Lipinski definition) is 9. The third kappa shape index (κ3) is 8.03. The van der Waals surface area contributed by atoms with Crippen LogP contribution >= 0.6 is 0 Å². The van der Waals surface area contributed by atoms with Crippen LogP contribution in [0.1, 0.15) is 50.5 Å². The lowest BCUT2D eigenvalue weighted by atomic mass is 10.1. The summed E-state index contributed by atoms with van der Waals surface area (Å²) in [5.41, 5.74) is 3.76. The highest BCUT2D eigenvalue weighted by Gasteiger charge is 2.15. The van der Waals surface area contributed by atoms with Gasteiger partial charge in [-0.25, -0.2) is 10.2 Å². The number of para-hydroxylation sites is 1. The number of benzene rings is 4. The molecule has 0 aromatic heterocycles. The Morgan fingerprint density at radius 3 is 2.18 bits per heavy atom. The monoisotopic (exact) mass is 596 g/mol. The number of carbonyl (C=O) groups is 3. The molecule has 2 N–H and O–H groups in total. The van der Waals surface area contributed by atoms with Crippen LogP contribution in [0.25, 0.3) is 0 Å². The third-order valence-electron chi connectivity index (χ3n) is 5.99. The number of nitro groups is 1. The van der Waals surface area contributed by atoms with Crippen LogP contribution in [-0.4, -0.2) is 42.1 Å². The van der Waals surface area contributed by atoms with Crippen LogP contribution in [0, 0.1) is 10.1 Å². The number of non-ortho nitro benzene ring substituents is 1. The Morgan fingerprint density at radius 1 is 0.773 bits per heavy atom. The Morgan fingerprint density at radius 2 is 1.45 bits per heavy atom. The Hall–Kier alpha value is -6.04. The lowest BCUT2D eigenvalue weighted by Crippen LogP contribution is -2.18. The Kier molecular flexibility index (Phi) is 10.3. The number of hydrazone groups is 1. The molecule has 0 fully saturated rings. The van der Waals surface area contributed by atoms with Crippen LogP contribution < -0.4 is 25.0 Å². The molecule has 12 nitrogen and oxygen atoms in total. The second-order valence-corrected chi connectivity index (χ2v) is 8.99. The number of carbonyl (C=O) groups excluding carboxylic acids is 3. The first-order valence-electron chi connectivity index (χ1n) is 13.5. The number of anilines is 1. The van der Waals surface area contributed by atoms with Gasteiger partial charge in [-0.15, -0.1) is 0 Å². The highest BCUT2D eigenvalue weighted by molar-refractivity contribution is 6.05. The Labute approximate surface area is 252 Å². The lowest BCUT2D eigenvalue weighted by Gasteiger charge is -2.12. The van der Waals surface area contributed by atoms with E-state index in [1.165, 1.54) is 36.5 Å². The van der Waals surface area contributed by atoms with Gasteiger partial charge in [0.05, 0.1) is 29.9 Å². The van der Waals surface area contributed by atoms with Crippen molar-refractivity contribution >= 4 is 35.4 Å². The van der Waals surface area contributed by atoms with Gasteiger partial charge in [0.25, 0.3) is 17.5 Å². The predicted octanol–water partition coefficient (Wildman–Crippen LogP) is 5.63. The highest BCUT2D eigenvalue weighted by atomic mass is 16.6. The maximum Gasteiger partial charge on any atom is 0.343 e. The normalized spacial score (nSPS) is 10.6. The largest absolute Gasteiger partial charge is 0.490 e. The van der Waals surface area contributed by atoms with Crippen LogP contribution in [0.5, 0.6) is 17.2 Å². The van der Waals surface area contributed by atoms with Gasteiger partial charge in [-0.2, -0.15) is 5.10 Å². The molecular formula is C32H28N4O8. The predicted molar refractivity (Wildman–Crippen MR) is 163 cm³/mol. The zero-order valence-electron chi connectivity index (χ0n) is 23.8. The molecular weight excluding hydrogens is 568 g/mol. The maximum absolute atomic E-state index is 12.9. The van der Waals surface area contributed by atoms with Gasteiger partial charge in [-0.1, -0.05) is 18.2 Å². The number of rotatable bonds is 12. The molecule has 2 amide bonds. The molecule has 0 bridgehead atoms. The summed E-state index contributed by atoms with van der Waals surface area (Å²) in [6, 6.07) is 22.7. The van der Waals surface area contributed by atoms with Crippen LogP contribution in [0.4, 0.5) is 11.4 Å². The number of hydrogen-bond donors (Lipinski definition) is 2. The minimum atomic E-state index is -0.719. The number of nitrogens with zero attached hydrogens (tertiary/aromatic N) is 2. The molecule has 44 heavy (non-hydrogen) atoms.